The molecule has 0 saturated carbocycles. The van der Waals surface area contributed by atoms with E-state index < -0.39 is 11.7 Å². The number of halogens is 4. The Bertz CT molecular complexity index is 618. The fourth-order valence-corrected chi connectivity index (χ4v) is 2.07. The van der Waals surface area contributed by atoms with Crippen LogP contribution in [0.4, 0.5) is 13.2 Å². The fraction of sp³-hybridized carbons (Fsp3) is 0.267. The predicted molar refractivity (Wildman–Crippen MR) is 72.6 cm³/mol. The van der Waals surface area contributed by atoms with E-state index in [0.717, 1.165) is 12.1 Å². The van der Waals surface area contributed by atoms with Crippen molar-refractivity contribution in [1.82, 2.24) is 0 Å². The topological polar surface area (TPSA) is 26.3 Å². The quantitative estimate of drug-likeness (QED) is 0.818. The van der Waals surface area contributed by atoms with Crippen LogP contribution in [0.1, 0.15) is 18.1 Å². The molecule has 0 heterocycles. The maximum Gasteiger partial charge on any atom is 0.416 e. The molecule has 0 aliphatic heterocycles. The highest BCUT2D eigenvalue weighted by atomic mass is 35.5. The second-order valence-corrected chi connectivity index (χ2v) is 5.17. The van der Waals surface area contributed by atoms with Crippen LogP contribution in [0.3, 0.4) is 0 Å². The number of ketones is 1. The van der Waals surface area contributed by atoms with Gasteiger partial charge < -0.3 is 4.74 Å². The molecular weight excluding hydrogens is 305 g/mol. The molecular formula is C15H12ClF3O2. The standard InChI is InChI=1S/C15H12ClF3O2/c1-9-2-3-13(7-14(9)20)21-8-10-4-11(15(17,18)19)6-12(16)5-10/h2-7,9H,8H2,1H3. The van der Waals surface area contributed by atoms with E-state index in [0.29, 0.717) is 5.76 Å². The summed E-state index contributed by atoms with van der Waals surface area (Å²) in [5, 5.41) is -0.0127. The number of alkyl halides is 3. The van der Waals surface area contributed by atoms with Crippen molar-refractivity contribution in [3.05, 3.63) is 58.3 Å². The van der Waals surface area contributed by atoms with Gasteiger partial charge >= 0.3 is 6.18 Å². The molecule has 0 bridgehead atoms. The van der Waals surface area contributed by atoms with Gasteiger partial charge in [-0.05, 0) is 29.8 Å². The Hall–Kier alpha value is -1.75. The molecule has 112 valence electrons. The Morgan fingerprint density at radius 2 is 2.00 bits per heavy atom. The third-order valence-electron chi connectivity index (χ3n) is 2.97. The second kappa shape index (κ2) is 5.93. The number of ether oxygens (including phenoxy) is 1. The van der Waals surface area contributed by atoms with Gasteiger partial charge in [0, 0.05) is 17.0 Å². The minimum atomic E-state index is -4.46. The molecule has 1 aromatic carbocycles. The predicted octanol–water partition coefficient (Wildman–Crippen LogP) is 4.53. The number of hydrogen-bond donors (Lipinski definition) is 0. The van der Waals surface area contributed by atoms with Crippen LogP contribution in [0.25, 0.3) is 0 Å². The molecule has 1 atom stereocenters. The molecule has 1 unspecified atom stereocenters. The molecule has 0 fully saturated rings. The Labute approximate surface area is 124 Å². The molecule has 0 saturated heterocycles. The lowest BCUT2D eigenvalue weighted by Crippen LogP contribution is -2.10. The van der Waals surface area contributed by atoms with Crippen molar-refractivity contribution in [2.75, 3.05) is 0 Å². The van der Waals surface area contributed by atoms with E-state index in [-0.39, 0.29) is 28.9 Å². The van der Waals surface area contributed by atoms with Crippen LogP contribution in [0.15, 0.2) is 42.2 Å². The third-order valence-corrected chi connectivity index (χ3v) is 3.19. The van der Waals surface area contributed by atoms with E-state index in [9.17, 15) is 18.0 Å². The van der Waals surface area contributed by atoms with Crippen molar-refractivity contribution in [1.29, 1.82) is 0 Å². The Balaban J connectivity index is 2.11. The van der Waals surface area contributed by atoms with Crippen LogP contribution in [0.5, 0.6) is 0 Å². The molecule has 6 heteroatoms. The zero-order chi connectivity index (χ0) is 15.6. The molecule has 0 radical (unpaired) electrons. The summed E-state index contributed by atoms with van der Waals surface area (Å²) in [5.74, 6) is 0.0153. The van der Waals surface area contributed by atoms with Gasteiger partial charge in [0.25, 0.3) is 0 Å². The summed E-state index contributed by atoms with van der Waals surface area (Å²) >= 11 is 5.68. The maximum absolute atomic E-state index is 12.7. The van der Waals surface area contributed by atoms with Gasteiger partial charge in [-0.2, -0.15) is 13.2 Å². The van der Waals surface area contributed by atoms with Gasteiger partial charge in [0.1, 0.15) is 12.4 Å². The smallest absolute Gasteiger partial charge is 0.416 e. The molecule has 0 amide bonds. The normalized spacial score (nSPS) is 18.6. The maximum atomic E-state index is 12.7. The molecule has 2 rings (SSSR count). The molecule has 21 heavy (non-hydrogen) atoms. The van der Waals surface area contributed by atoms with Crippen molar-refractivity contribution >= 4 is 17.4 Å². The average molecular weight is 317 g/mol. The highest BCUT2D eigenvalue weighted by molar-refractivity contribution is 6.30. The van der Waals surface area contributed by atoms with Crippen molar-refractivity contribution in [2.24, 2.45) is 5.92 Å². The number of rotatable bonds is 3. The van der Waals surface area contributed by atoms with Crippen LogP contribution < -0.4 is 0 Å². The largest absolute Gasteiger partial charge is 0.489 e. The van der Waals surface area contributed by atoms with Crippen molar-refractivity contribution in [2.45, 2.75) is 19.7 Å². The molecule has 1 aliphatic rings. The number of benzene rings is 1. The molecule has 1 aromatic rings. The Morgan fingerprint density at radius 1 is 1.29 bits per heavy atom. The van der Waals surface area contributed by atoms with Crippen molar-refractivity contribution in [3.63, 3.8) is 0 Å². The summed E-state index contributed by atoms with van der Waals surface area (Å²) in [6.45, 7) is 1.65. The van der Waals surface area contributed by atoms with Gasteiger partial charge in [-0.25, -0.2) is 0 Å². The van der Waals surface area contributed by atoms with Gasteiger partial charge in [0.2, 0.25) is 0 Å². The molecule has 2 nitrogen and oxygen atoms in total. The molecule has 0 N–H and O–H groups in total. The first kappa shape index (κ1) is 15.6. The second-order valence-electron chi connectivity index (χ2n) is 4.73. The van der Waals surface area contributed by atoms with Gasteiger partial charge in [0.05, 0.1) is 5.56 Å². The van der Waals surface area contributed by atoms with Crippen LogP contribution in [0.2, 0.25) is 5.02 Å². The molecule has 1 aliphatic carbocycles. The zero-order valence-corrected chi connectivity index (χ0v) is 11.8. The first-order valence-corrected chi connectivity index (χ1v) is 6.57. The van der Waals surface area contributed by atoms with Crippen molar-refractivity contribution < 1.29 is 22.7 Å². The van der Waals surface area contributed by atoms with E-state index in [2.05, 4.69) is 0 Å². The van der Waals surface area contributed by atoms with E-state index in [4.69, 9.17) is 16.3 Å². The Morgan fingerprint density at radius 3 is 2.62 bits per heavy atom. The van der Waals surface area contributed by atoms with E-state index in [1.165, 1.54) is 12.1 Å². The van der Waals surface area contributed by atoms with E-state index in [1.807, 2.05) is 0 Å². The van der Waals surface area contributed by atoms with Crippen LogP contribution in [0, 0.1) is 5.92 Å². The van der Waals surface area contributed by atoms with Crippen molar-refractivity contribution in [3.8, 4) is 0 Å². The van der Waals surface area contributed by atoms with Gasteiger partial charge in [0.15, 0.2) is 5.78 Å². The van der Waals surface area contributed by atoms with Crippen LogP contribution in [-0.2, 0) is 22.3 Å². The lowest BCUT2D eigenvalue weighted by molar-refractivity contribution is -0.137. The first-order valence-electron chi connectivity index (χ1n) is 6.19. The lowest BCUT2D eigenvalue weighted by atomic mass is 10.0. The summed E-state index contributed by atoms with van der Waals surface area (Å²) in [6.07, 6.45) is 0.174. The van der Waals surface area contributed by atoms with E-state index in [1.54, 1.807) is 19.1 Å². The van der Waals surface area contributed by atoms with E-state index >= 15 is 0 Å². The molecule has 0 spiro atoms. The monoisotopic (exact) mass is 316 g/mol. The van der Waals surface area contributed by atoms with Gasteiger partial charge in [-0.3, -0.25) is 4.79 Å². The highest BCUT2D eigenvalue weighted by Gasteiger charge is 2.31. The summed E-state index contributed by atoms with van der Waals surface area (Å²) in [4.78, 5) is 11.5. The van der Waals surface area contributed by atoms with Crippen LogP contribution >= 0.6 is 11.6 Å². The Kier molecular flexibility index (Phi) is 4.42. The summed E-state index contributed by atoms with van der Waals surface area (Å²) in [7, 11) is 0. The van der Waals surface area contributed by atoms with Gasteiger partial charge in [-0.15, -0.1) is 0 Å². The van der Waals surface area contributed by atoms with Gasteiger partial charge in [-0.1, -0.05) is 24.6 Å². The highest BCUT2D eigenvalue weighted by Crippen LogP contribution is 2.32. The molecule has 0 aromatic heterocycles. The van der Waals surface area contributed by atoms with Crippen LogP contribution in [-0.4, -0.2) is 5.78 Å². The lowest BCUT2D eigenvalue weighted by Gasteiger charge is -2.14. The summed E-state index contributed by atoms with van der Waals surface area (Å²) < 4.78 is 43.3. The summed E-state index contributed by atoms with van der Waals surface area (Å²) in [6, 6.07) is 3.23. The number of allylic oxidation sites excluding steroid dienone is 3. The number of carbonyl (C=O) groups excluding carboxylic acids is 1. The third kappa shape index (κ3) is 4.11. The summed E-state index contributed by atoms with van der Waals surface area (Å²) in [5.41, 5.74) is -0.540. The minimum absolute atomic E-state index is 0.0127. The zero-order valence-electron chi connectivity index (χ0n) is 11.1. The first-order chi connectivity index (χ1) is 9.75. The number of carbonyl (C=O) groups is 1. The average Bonchev–Trinajstić information content (AvgIpc) is 2.38. The SMILES string of the molecule is CC1C=CC(OCc2cc(Cl)cc(C(F)(F)F)c2)=CC1=O. The fourth-order valence-electron chi connectivity index (χ4n) is 1.81. The minimum Gasteiger partial charge on any atom is -0.489 e. The number of hydrogen-bond acceptors (Lipinski definition) is 2.